The summed E-state index contributed by atoms with van der Waals surface area (Å²) in [5.74, 6) is 0. The van der Waals surface area contributed by atoms with Crippen molar-refractivity contribution in [2.75, 3.05) is 32.6 Å². The predicted octanol–water partition coefficient (Wildman–Crippen LogP) is 2.86. The first-order valence-corrected chi connectivity index (χ1v) is 12.2. The summed E-state index contributed by atoms with van der Waals surface area (Å²) in [7, 11) is -3.25. The Kier molecular flexibility index (Phi) is 5.07. The third-order valence-corrected chi connectivity index (χ3v) is 7.48. The van der Waals surface area contributed by atoms with Crippen LogP contribution < -0.4 is 5.32 Å². The van der Waals surface area contributed by atoms with Crippen LogP contribution in [0.2, 0.25) is 5.02 Å². The molecule has 0 aliphatic carbocycles. The molecule has 1 aromatic carbocycles. The molecular weight excluding hydrogens is 424 g/mol. The SMILES string of the molecule is CS(=O)(=O)N1CCc2cc(-c3cnc4[nH]cc(Cl)c4c3)cc([C@@H]3COCCN3)c2C1. The number of hydrogen-bond acceptors (Lipinski definition) is 5. The Morgan fingerprint density at radius 1 is 1.27 bits per heavy atom. The number of nitrogens with one attached hydrogen (secondary N) is 2. The number of morpholine rings is 1. The smallest absolute Gasteiger partial charge is 0.211 e. The van der Waals surface area contributed by atoms with Crippen molar-refractivity contribution in [2.24, 2.45) is 0 Å². The third kappa shape index (κ3) is 3.63. The summed E-state index contributed by atoms with van der Waals surface area (Å²) in [4.78, 5) is 7.58. The maximum atomic E-state index is 12.2. The molecule has 158 valence electrons. The fraction of sp³-hybridized carbons (Fsp3) is 0.381. The van der Waals surface area contributed by atoms with E-state index in [1.165, 1.54) is 11.8 Å². The first-order valence-electron chi connectivity index (χ1n) is 9.95. The summed E-state index contributed by atoms with van der Waals surface area (Å²) in [5, 5.41) is 5.04. The molecule has 2 aliphatic rings. The van der Waals surface area contributed by atoms with E-state index in [1.807, 2.05) is 12.3 Å². The molecule has 7 nitrogen and oxygen atoms in total. The summed E-state index contributed by atoms with van der Waals surface area (Å²) in [5.41, 5.74) is 6.14. The number of benzene rings is 1. The number of rotatable bonds is 3. The highest BCUT2D eigenvalue weighted by Crippen LogP contribution is 2.35. The van der Waals surface area contributed by atoms with Gasteiger partial charge in [0.05, 0.1) is 30.5 Å². The topological polar surface area (TPSA) is 87.3 Å². The number of aromatic nitrogens is 2. The molecule has 30 heavy (non-hydrogen) atoms. The van der Waals surface area contributed by atoms with E-state index in [0.29, 0.717) is 37.7 Å². The van der Waals surface area contributed by atoms with Gasteiger partial charge in [-0.3, -0.25) is 0 Å². The van der Waals surface area contributed by atoms with Gasteiger partial charge in [-0.25, -0.2) is 13.4 Å². The van der Waals surface area contributed by atoms with Gasteiger partial charge in [-0.2, -0.15) is 4.31 Å². The number of pyridine rings is 1. The van der Waals surface area contributed by atoms with Crippen molar-refractivity contribution in [2.45, 2.75) is 19.0 Å². The van der Waals surface area contributed by atoms with Gasteiger partial charge in [-0.15, -0.1) is 0 Å². The summed E-state index contributed by atoms with van der Waals surface area (Å²) in [6.45, 7) is 2.90. The van der Waals surface area contributed by atoms with Gasteiger partial charge >= 0.3 is 0 Å². The van der Waals surface area contributed by atoms with E-state index in [1.54, 1.807) is 10.5 Å². The van der Waals surface area contributed by atoms with E-state index in [2.05, 4.69) is 27.4 Å². The van der Waals surface area contributed by atoms with Gasteiger partial charge < -0.3 is 15.0 Å². The van der Waals surface area contributed by atoms with Gasteiger partial charge in [0.2, 0.25) is 10.0 Å². The summed E-state index contributed by atoms with van der Waals surface area (Å²) < 4.78 is 31.6. The minimum atomic E-state index is -3.25. The first-order chi connectivity index (χ1) is 14.4. The molecular formula is C21H23ClN4O3S. The van der Waals surface area contributed by atoms with Crippen molar-refractivity contribution in [3.63, 3.8) is 0 Å². The maximum absolute atomic E-state index is 12.2. The van der Waals surface area contributed by atoms with Crippen LogP contribution in [0.1, 0.15) is 22.7 Å². The lowest BCUT2D eigenvalue weighted by Gasteiger charge is -2.33. The highest BCUT2D eigenvalue weighted by molar-refractivity contribution is 7.88. The Morgan fingerprint density at radius 3 is 2.90 bits per heavy atom. The van der Waals surface area contributed by atoms with Crippen LogP contribution in [0.4, 0.5) is 0 Å². The molecule has 9 heteroatoms. The standard InChI is InChI=1S/C21H23ClN4O3S/c1-30(27,28)26-4-2-13-6-14(15-8-17-19(22)10-25-21(17)24-9-15)7-16(18(13)11-26)20-12-29-5-3-23-20/h6-10,20,23H,2-5,11-12H2,1H3,(H,24,25)/t20-/m0/s1. The lowest BCUT2D eigenvalue weighted by molar-refractivity contribution is 0.0764. The van der Waals surface area contributed by atoms with Gasteiger partial charge in [-0.1, -0.05) is 17.7 Å². The Bertz CT molecular complexity index is 1220. The number of sulfonamides is 1. The number of hydrogen-bond donors (Lipinski definition) is 2. The summed E-state index contributed by atoms with van der Waals surface area (Å²) in [6, 6.07) is 6.37. The van der Waals surface area contributed by atoms with E-state index in [4.69, 9.17) is 16.3 Å². The van der Waals surface area contributed by atoms with E-state index in [0.717, 1.165) is 39.8 Å². The molecule has 2 aliphatic heterocycles. The number of halogens is 1. The van der Waals surface area contributed by atoms with Crippen LogP contribution in [0.5, 0.6) is 0 Å². The number of fused-ring (bicyclic) bond motifs is 2. The van der Waals surface area contributed by atoms with Gasteiger partial charge in [-0.05, 0) is 40.8 Å². The number of nitrogens with zero attached hydrogens (tertiary/aromatic N) is 2. The highest BCUT2D eigenvalue weighted by atomic mass is 35.5. The van der Waals surface area contributed by atoms with Crippen molar-refractivity contribution < 1.29 is 13.2 Å². The zero-order chi connectivity index (χ0) is 20.9. The van der Waals surface area contributed by atoms with Gasteiger partial charge in [0.15, 0.2) is 0 Å². The second-order valence-corrected chi connectivity index (χ2v) is 10.3. The zero-order valence-corrected chi connectivity index (χ0v) is 18.2. The van der Waals surface area contributed by atoms with E-state index in [-0.39, 0.29) is 6.04 Å². The zero-order valence-electron chi connectivity index (χ0n) is 16.6. The van der Waals surface area contributed by atoms with E-state index < -0.39 is 10.0 Å². The molecule has 2 aromatic heterocycles. The van der Waals surface area contributed by atoms with Crippen LogP contribution in [0.25, 0.3) is 22.2 Å². The van der Waals surface area contributed by atoms with E-state index >= 15 is 0 Å². The van der Waals surface area contributed by atoms with Crippen LogP contribution in [0, 0.1) is 0 Å². The Morgan fingerprint density at radius 2 is 2.13 bits per heavy atom. The highest BCUT2D eigenvalue weighted by Gasteiger charge is 2.29. The quantitative estimate of drug-likeness (QED) is 0.646. The Labute approximate surface area is 180 Å². The second-order valence-electron chi connectivity index (χ2n) is 7.89. The van der Waals surface area contributed by atoms with Crippen LogP contribution in [0.15, 0.2) is 30.6 Å². The minimum absolute atomic E-state index is 0.0273. The molecule has 5 rings (SSSR count). The summed E-state index contributed by atoms with van der Waals surface area (Å²) in [6.07, 6.45) is 5.54. The summed E-state index contributed by atoms with van der Waals surface area (Å²) >= 11 is 6.30. The molecule has 0 saturated carbocycles. The molecule has 0 spiro atoms. The van der Waals surface area contributed by atoms with Crippen molar-refractivity contribution in [3.05, 3.63) is 52.3 Å². The third-order valence-electron chi connectivity index (χ3n) is 5.92. The lowest BCUT2D eigenvalue weighted by Crippen LogP contribution is -2.39. The molecule has 0 radical (unpaired) electrons. The van der Waals surface area contributed by atoms with Crippen molar-refractivity contribution >= 4 is 32.7 Å². The average Bonchev–Trinajstić information content (AvgIpc) is 3.12. The largest absolute Gasteiger partial charge is 0.378 e. The number of aromatic amines is 1. The maximum Gasteiger partial charge on any atom is 0.211 e. The Hall–Kier alpha value is -1.97. The predicted molar refractivity (Wildman–Crippen MR) is 117 cm³/mol. The minimum Gasteiger partial charge on any atom is -0.378 e. The fourth-order valence-corrected chi connectivity index (χ4v) is 5.31. The van der Waals surface area contributed by atoms with Crippen molar-refractivity contribution in [3.8, 4) is 11.1 Å². The number of ether oxygens (including phenoxy) is 1. The molecule has 0 amide bonds. The first kappa shape index (κ1) is 20.0. The normalized spacial score (nSPS) is 20.4. The van der Waals surface area contributed by atoms with Crippen LogP contribution >= 0.6 is 11.6 Å². The molecule has 3 aromatic rings. The molecule has 1 atom stereocenters. The van der Waals surface area contributed by atoms with Gasteiger partial charge in [0, 0.05) is 43.0 Å². The molecule has 1 saturated heterocycles. The number of H-pyrrole nitrogens is 1. The van der Waals surface area contributed by atoms with Crippen molar-refractivity contribution in [1.29, 1.82) is 0 Å². The van der Waals surface area contributed by atoms with Crippen LogP contribution in [-0.2, 0) is 27.7 Å². The monoisotopic (exact) mass is 446 g/mol. The molecule has 2 N–H and O–H groups in total. The molecule has 0 bridgehead atoms. The van der Waals surface area contributed by atoms with Gasteiger partial charge in [0.25, 0.3) is 0 Å². The lowest BCUT2D eigenvalue weighted by atomic mass is 9.88. The molecule has 4 heterocycles. The Balaban J connectivity index is 1.63. The van der Waals surface area contributed by atoms with Gasteiger partial charge in [0.1, 0.15) is 5.65 Å². The molecule has 0 unspecified atom stereocenters. The average molecular weight is 447 g/mol. The fourth-order valence-electron chi connectivity index (χ4n) is 4.33. The second kappa shape index (κ2) is 7.62. The van der Waals surface area contributed by atoms with E-state index in [9.17, 15) is 8.42 Å². The van der Waals surface area contributed by atoms with Crippen molar-refractivity contribution in [1.82, 2.24) is 19.6 Å². The van der Waals surface area contributed by atoms with Crippen LogP contribution in [-0.4, -0.2) is 55.3 Å². The molecule has 1 fully saturated rings. The van der Waals surface area contributed by atoms with Crippen LogP contribution in [0.3, 0.4) is 0 Å².